The summed E-state index contributed by atoms with van der Waals surface area (Å²) in [6.45, 7) is 6.85. The van der Waals surface area contributed by atoms with Gasteiger partial charge in [0, 0.05) is 191 Å². The third-order valence-corrected chi connectivity index (χ3v) is 30.4. The van der Waals surface area contributed by atoms with E-state index in [-0.39, 0.29) is 169 Å². The highest BCUT2D eigenvalue weighted by atomic mass is 32.2. The topological polar surface area (TPSA) is 369 Å². The van der Waals surface area contributed by atoms with E-state index in [9.17, 15) is 57.5 Å². The summed E-state index contributed by atoms with van der Waals surface area (Å²) >= 11 is 3.61. The summed E-state index contributed by atoms with van der Waals surface area (Å²) in [7, 11) is 7.91. The number of fused-ring (bicyclic) bond motifs is 5. The Morgan fingerprint density at radius 2 is 0.567 bits per heavy atom. The second-order valence-electron chi connectivity index (χ2n) is 34.9. The molecule has 2 unspecified atom stereocenters. The van der Waals surface area contributed by atoms with Crippen molar-refractivity contribution in [2.24, 2.45) is 0 Å². The van der Waals surface area contributed by atoms with E-state index in [0.29, 0.717) is 103 Å². The van der Waals surface area contributed by atoms with Gasteiger partial charge in [-0.05, 0) is 205 Å². The van der Waals surface area contributed by atoms with Crippen molar-refractivity contribution in [3.63, 3.8) is 0 Å². The fraction of sp³-hybridized carbons (Fsp3) is 0.392. The minimum Gasteiger partial charge on any atom is -0.469 e. The van der Waals surface area contributed by atoms with Gasteiger partial charge >= 0.3 is 35.8 Å². The van der Waals surface area contributed by atoms with Gasteiger partial charge < -0.3 is 90.6 Å². The second-order valence-corrected chi connectivity index (χ2v) is 37.4. The number of carbonyl (C=O) groups is 12. The number of hydrogen-bond acceptors (Lipinski definition) is 26. The molecule has 16 aromatic carbocycles. The Morgan fingerprint density at radius 3 is 0.940 bits per heavy atom. The zero-order valence-corrected chi connectivity index (χ0v) is 77.6. The van der Waals surface area contributed by atoms with Crippen LogP contribution in [0.2, 0.25) is 0 Å². The van der Waals surface area contributed by atoms with E-state index in [1.165, 1.54) is 199 Å². The first-order chi connectivity index (χ1) is 65.2. The molecule has 0 spiro atoms. The Labute approximate surface area is 779 Å². The molecule has 0 saturated carbocycles. The molecule has 696 valence electrons. The third kappa shape index (κ3) is 17.2. The molecule has 18 rings (SSSR count). The number of thioether (sulfide) groups is 2. The second kappa shape index (κ2) is 39.6. The van der Waals surface area contributed by atoms with Crippen molar-refractivity contribution in [2.75, 3.05) is 187 Å². The standard InChI is InChI=1S/C102H108N12O18S2/c1-127-74(119)23-33-103-35-37-105-70(115)25-43-111(45-27-72(117)107-39-51-113(47-29-76(121)129-3)48-30-77(122)130-4)53-41-109-100(125)56-7-11-58(12-8-56)133-69-55-67-66-20-19-63-62-16-15-60-61-17-18-64-65-21-22-68-88-86(65)91-83(64)82(61)89-80(60)81(62)90-84(63)85(66)92-87(67)99(98(88)97-95(91)93(89)94(90)96(92)97)102(68,69)134-59-13-9-57(10-14-59)101(126)110-42-54-112(44-26-71(116)106-38-36-104-34-24-75(120)128-2)46-28-73(118)108-40-52-114(49-31-78(123)131-5)50-32-79(124)132-6/h7-22,55,69,103-104H,23-54H2,1-6H3,(H,105,115)(H,106,116)(H,107,117)(H,108,118)(H,109,125)(H,110,126). The van der Waals surface area contributed by atoms with Crippen LogP contribution in [0.3, 0.4) is 0 Å². The Kier molecular flexibility index (Phi) is 27.2. The molecule has 0 bridgehead atoms. The summed E-state index contributed by atoms with van der Waals surface area (Å²) in [5.41, 5.74) is 3.42. The largest absolute Gasteiger partial charge is 0.469 e. The van der Waals surface area contributed by atoms with Crippen LogP contribution in [0.15, 0.2) is 107 Å². The summed E-state index contributed by atoms with van der Waals surface area (Å²) < 4.78 is 28.0. The van der Waals surface area contributed by atoms with Crippen molar-refractivity contribution in [1.82, 2.24) is 62.1 Å². The van der Waals surface area contributed by atoms with Crippen LogP contribution in [0.25, 0.3) is 146 Å². The first-order valence-electron chi connectivity index (χ1n) is 46.0. The van der Waals surface area contributed by atoms with Crippen LogP contribution >= 0.6 is 23.5 Å². The molecule has 2 atom stereocenters. The number of ether oxygens (including phenoxy) is 6. The maximum Gasteiger partial charge on any atom is 0.306 e. The Hall–Kier alpha value is -12.4. The van der Waals surface area contributed by atoms with Crippen LogP contribution in [-0.2, 0) is 81.1 Å². The maximum atomic E-state index is 14.6. The van der Waals surface area contributed by atoms with E-state index in [1.807, 2.05) is 67.8 Å². The predicted octanol–water partition coefficient (Wildman–Crippen LogP) is 9.33. The molecule has 8 N–H and O–H groups in total. The lowest BCUT2D eigenvalue weighted by Crippen LogP contribution is -2.41. The fourth-order valence-electron chi connectivity index (χ4n) is 21.1. The molecule has 0 aromatic heterocycles. The quantitative estimate of drug-likeness (QED) is 0.00761. The Bertz CT molecular complexity index is 7060. The van der Waals surface area contributed by atoms with Gasteiger partial charge in [0.1, 0.15) is 0 Å². The molecule has 0 radical (unpaired) electrons. The van der Waals surface area contributed by atoms with Crippen molar-refractivity contribution < 1.29 is 86.0 Å². The van der Waals surface area contributed by atoms with E-state index in [4.69, 9.17) is 28.4 Å². The molecule has 0 heterocycles. The predicted molar refractivity (Wildman–Crippen MR) is 521 cm³/mol. The van der Waals surface area contributed by atoms with Gasteiger partial charge in [0.15, 0.2) is 0 Å². The highest BCUT2D eigenvalue weighted by Crippen LogP contribution is 2.72. The number of nitrogens with one attached hydrogen (secondary N) is 8. The average Bonchev–Trinajstić information content (AvgIpc) is 1.43. The van der Waals surface area contributed by atoms with Crippen molar-refractivity contribution in [2.45, 2.75) is 84.0 Å². The highest BCUT2D eigenvalue weighted by Gasteiger charge is 2.54. The van der Waals surface area contributed by atoms with Gasteiger partial charge in [-0.25, -0.2) is 0 Å². The third-order valence-electron chi connectivity index (χ3n) is 27.5. The molecule has 16 aromatic rings. The highest BCUT2D eigenvalue weighted by molar-refractivity contribution is 8.04. The van der Waals surface area contributed by atoms with Gasteiger partial charge in [-0.3, -0.25) is 57.5 Å². The molecule has 134 heavy (non-hydrogen) atoms. The van der Waals surface area contributed by atoms with Crippen LogP contribution in [0.1, 0.15) is 96.1 Å². The van der Waals surface area contributed by atoms with Crippen LogP contribution < -0.4 is 47.8 Å². The Morgan fingerprint density at radius 1 is 0.276 bits per heavy atom. The smallest absolute Gasteiger partial charge is 0.306 e. The monoisotopic (exact) mass is 1850 g/mol. The molecular weight excluding hydrogens is 1750 g/mol. The Balaban J connectivity index is 0.616. The molecule has 30 nitrogen and oxygen atoms in total. The van der Waals surface area contributed by atoms with E-state index in [2.05, 4.69) is 109 Å². The average molecular weight is 1850 g/mol. The summed E-state index contributed by atoms with van der Waals surface area (Å²) in [5.74, 6) is -3.78. The molecule has 2 aliphatic carbocycles. The maximum absolute atomic E-state index is 14.6. The molecule has 0 aliphatic heterocycles. The number of amides is 6. The van der Waals surface area contributed by atoms with Gasteiger partial charge in [0.25, 0.3) is 11.8 Å². The lowest BCUT2D eigenvalue weighted by atomic mass is 9.83. The van der Waals surface area contributed by atoms with E-state index in [0.717, 1.165) is 9.79 Å². The number of hydrogen-bond donors (Lipinski definition) is 8. The molecule has 0 fully saturated rings. The first kappa shape index (κ1) is 92.1. The minimum absolute atomic E-state index is 0.0778. The van der Waals surface area contributed by atoms with Crippen LogP contribution in [0.4, 0.5) is 0 Å². The number of rotatable bonds is 54. The van der Waals surface area contributed by atoms with Crippen molar-refractivity contribution in [1.29, 1.82) is 0 Å². The minimum atomic E-state index is -0.801. The van der Waals surface area contributed by atoms with Crippen molar-refractivity contribution >= 4 is 241 Å². The molecule has 32 heteroatoms. The zero-order chi connectivity index (χ0) is 93.3. The number of carbonyl (C=O) groups excluding carboxylic acids is 12. The molecule has 2 aliphatic rings. The lowest BCUT2D eigenvalue weighted by Gasteiger charge is -2.40. The number of methoxy groups -OCH3 is 6. The van der Waals surface area contributed by atoms with Gasteiger partial charge in [-0.15, -0.1) is 23.5 Å². The number of esters is 6. The summed E-state index contributed by atoms with van der Waals surface area (Å²) in [6, 6.07) is 34.8. The van der Waals surface area contributed by atoms with Gasteiger partial charge in [-0.1, -0.05) is 54.6 Å². The summed E-state index contributed by atoms with van der Waals surface area (Å²) in [4.78, 5) is 164. The van der Waals surface area contributed by atoms with E-state index < -0.39 is 28.6 Å². The lowest BCUT2D eigenvalue weighted by molar-refractivity contribution is -0.142. The van der Waals surface area contributed by atoms with Gasteiger partial charge in [0.05, 0.1) is 91.2 Å². The number of benzene rings is 11. The normalized spacial score (nSPS) is 14.4. The van der Waals surface area contributed by atoms with Crippen LogP contribution in [0, 0.1) is 0 Å². The van der Waals surface area contributed by atoms with E-state index >= 15 is 0 Å². The van der Waals surface area contributed by atoms with Crippen molar-refractivity contribution in [3.8, 4) is 0 Å². The molecular formula is C102H108N12O18S2. The van der Waals surface area contributed by atoms with Crippen LogP contribution in [0.5, 0.6) is 0 Å². The first-order valence-corrected chi connectivity index (χ1v) is 47.7. The summed E-state index contributed by atoms with van der Waals surface area (Å²) in [6.07, 6.45) is 3.71. The van der Waals surface area contributed by atoms with Crippen LogP contribution in [-0.4, -0.2) is 283 Å². The fourth-order valence-corrected chi connectivity index (χ4v) is 24.0. The van der Waals surface area contributed by atoms with Gasteiger partial charge in [-0.2, -0.15) is 0 Å². The van der Waals surface area contributed by atoms with Gasteiger partial charge in [0.2, 0.25) is 23.6 Å². The SMILES string of the molecule is COC(=O)CCNCCNC(=O)CCN(CCNC(=O)c1ccc(SC2C=c3c4ccc5c6ccc7c8ccc9c%10ccc%11c%12c%13c(c3c3c4c5c4c6c7c5c8c9c(c%10%12)c6c%13c3c4c56)C%112Sc2ccc(C(=O)NCCN(CCC(=O)NCCNCCC(=O)OC)CCC(=O)NCCN(CCC(=O)OC)CCC(=O)OC)cc2)cc1)CCC(=O)NCCN(CCC(=O)OC)CCC(=O)OC. The van der Waals surface area contributed by atoms with Crippen molar-refractivity contribution in [3.05, 3.63) is 125 Å². The summed E-state index contributed by atoms with van der Waals surface area (Å²) in [5, 5.41) is 59.7. The van der Waals surface area contributed by atoms with E-state index in [1.54, 1.807) is 11.8 Å². The molecule has 0 saturated heterocycles. The zero-order valence-electron chi connectivity index (χ0n) is 76.0. The molecule has 6 amide bonds. The number of nitrogens with zero attached hydrogens (tertiary/aromatic N) is 4.